The molecule has 22 heavy (non-hydrogen) atoms. The van der Waals surface area contributed by atoms with Crippen molar-refractivity contribution in [1.29, 1.82) is 0 Å². The van der Waals surface area contributed by atoms with Gasteiger partial charge in [0.1, 0.15) is 6.04 Å². The van der Waals surface area contributed by atoms with Crippen LogP contribution < -0.4 is 10.9 Å². The minimum atomic E-state index is -1.02. The Morgan fingerprint density at radius 3 is 2.14 bits per heavy atom. The molecule has 6 heteroatoms. The zero-order chi connectivity index (χ0) is 15.9. The molecule has 0 aromatic heterocycles. The minimum Gasteiger partial charge on any atom is -0.480 e. The number of nitrogens with one attached hydrogen (secondary N) is 2. The van der Waals surface area contributed by atoms with Gasteiger partial charge < -0.3 is 5.11 Å². The van der Waals surface area contributed by atoms with E-state index in [2.05, 4.69) is 26.8 Å². The van der Waals surface area contributed by atoms with Gasteiger partial charge in [0.05, 0.1) is 0 Å². The number of benzene rings is 2. The Morgan fingerprint density at radius 2 is 1.64 bits per heavy atom. The molecule has 1 atom stereocenters. The van der Waals surface area contributed by atoms with Crippen LogP contribution in [-0.4, -0.2) is 23.5 Å². The Balaban J connectivity index is 2.09. The second-order valence-corrected chi connectivity index (χ2v) is 5.62. The summed E-state index contributed by atoms with van der Waals surface area (Å²) in [6, 6.07) is 14.8. The fraction of sp³-hybridized carbons (Fsp3) is 0.125. The number of hydrazine groups is 1. The molecule has 0 heterocycles. The number of aliphatic carboxylic acids is 1. The lowest BCUT2D eigenvalue weighted by molar-refractivity contribution is -0.139. The molecule has 3 N–H and O–H groups in total. The first kappa shape index (κ1) is 16.2. The number of carboxylic acids is 1. The highest BCUT2D eigenvalue weighted by molar-refractivity contribution is 9.10. The zero-order valence-corrected chi connectivity index (χ0v) is 13.2. The number of amides is 1. The summed E-state index contributed by atoms with van der Waals surface area (Å²) >= 11 is 3.40. The number of carbonyl (C=O) groups excluding carboxylic acids is 1. The number of carbonyl (C=O) groups is 2. The lowest BCUT2D eigenvalue weighted by Crippen LogP contribution is -2.46. The van der Waals surface area contributed by atoms with Crippen molar-refractivity contribution in [1.82, 2.24) is 10.9 Å². The number of hydrogen-bond donors (Lipinski definition) is 3. The van der Waals surface area contributed by atoms with Gasteiger partial charge in [0.25, 0.3) is 0 Å². The van der Waals surface area contributed by atoms with E-state index in [0.717, 1.165) is 21.2 Å². The third kappa shape index (κ3) is 4.41. The summed E-state index contributed by atoms with van der Waals surface area (Å²) in [7, 11) is 0. The van der Waals surface area contributed by atoms with E-state index >= 15 is 0 Å². The van der Waals surface area contributed by atoms with E-state index in [1.54, 1.807) is 0 Å². The second-order valence-electron chi connectivity index (χ2n) is 4.71. The fourth-order valence-corrected chi connectivity index (χ4v) is 2.31. The lowest BCUT2D eigenvalue weighted by Gasteiger charge is -2.13. The van der Waals surface area contributed by atoms with E-state index in [1.807, 2.05) is 48.5 Å². The molecule has 0 spiro atoms. The summed E-state index contributed by atoms with van der Waals surface area (Å²) in [5.74, 6) is -1.02. The Bertz CT molecular complexity index is 641. The first-order valence-electron chi connectivity index (χ1n) is 6.62. The molecule has 0 fully saturated rings. The number of rotatable bonds is 7. The first-order chi connectivity index (χ1) is 10.6. The third-order valence-electron chi connectivity index (χ3n) is 3.19. The Morgan fingerprint density at radius 1 is 1.09 bits per heavy atom. The molecule has 2 aromatic rings. The van der Waals surface area contributed by atoms with Gasteiger partial charge in [-0.2, -0.15) is 0 Å². The van der Waals surface area contributed by atoms with E-state index in [1.165, 1.54) is 0 Å². The molecule has 0 unspecified atom stereocenters. The molecule has 0 saturated carbocycles. The average molecular weight is 363 g/mol. The van der Waals surface area contributed by atoms with Gasteiger partial charge in [-0.3, -0.25) is 15.0 Å². The summed E-state index contributed by atoms with van der Waals surface area (Å²) < 4.78 is 1.02. The van der Waals surface area contributed by atoms with Crippen molar-refractivity contribution >= 4 is 28.3 Å². The summed E-state index contributed by atoms with van der Waals surface area (Å²) in [5.41, 5.74) is 7.64. The van der Waals surface area contributed by atoms with Gasteiger partial charge in [-0.1, -0.05) is 52.3 Å². The summed E-state index contributed by atoms with van der Waals surface area (Å²) in [6.45, 7) is 0. The van der Waals surface area contributed by atoms with E-state index < -0.39 is 12.0 Å². The van der Waals surface area contributed by atoms with E-state index in [-0.39, 0.29) is 6.42 Å². The summed E-state index contributed by atoms with van der Waals surface area (Å²) in [5, 5.41) is 9.10. The van der Waals surface area contributed by atoms with Crippen LogP contribution in [0.5, 0.6) is 0 Å². The number of halogens is 1. The predicted molar refractivity (Wildman–Crippen MR) is 87.0 cm³/mol. The molecule has 2 rings (SSSR count). The monoisotopic (exact) mass is 362 g/mol. The van der Waals surface area contributed by atoms with Crippen molar-refractivity contribution in [3.63, 3.8) is 0 Å². The topological polar surface area (TPSA) is 78.4 Å². The normalized spacial score (nSPS) is 11.7. The van der Waals surface area contributed by atoms with Crippen LogP contribution in [0.3, 0.4) is 0 Å². The standard InChI is InChI=1S/C16H15BrN2O3/c17-14-7-5-13(6-8-14)12-3-1-11(2-4-12)9-15(16(21)22)19-18-10-20/h1-8,10,15,19H,9H2,(H,18,20)(H,21,22)/t15-/m0/s1. The van der Waals surface area contributed by atoms with Crippen LogP contribution >= 0.6 is 15.9 Å². The van der Waals surface area contributed by atoms with Crippen LogP contribution in [0.4, 0.5) is 0 Å². The maximum Gasteiger partial charge on any atom is 0.322 e. The molecule has 5 nitrogen and oxygen atoms in total. The van der Waals surface area contributed by atoms with Gasteiger partial charge >= 0.3 is 5.97 Å². The zero-order valence-electron chi connectivity index (χ0n) is 11.6. The summed E-state index contributed by atoms with van der Waals surface area (Å²) in [6.07, 6.45) is 0.684. The van der Waals surface area contributed by atoms with E-state index in [9.17, 15) is 9.59 Å². The van der Waals surface area contributed by atoms with Crippen LogP contribution in [0, 0.1) is 0 Å². The van der Waals surface area contributed by atoms with E-state index in [4.69, 9.17) is 5.11 Å². The summed E-state index contributed by atoms with van der Waals surface area (Å²) in [4.78, 5) is 21.3. The van der Waals surface area contributed by atoms with Gasteiger partial charge in [0.2, 0.25) is 6.41 Å². The molecular weight excluding hydrogens is 348 g/mol. The fourth-order valence-electron chi connectivity index (χ4n) is 2.05. The van der Waals surface area contributed by atoms with Crippen molar-refractivity contribution in [2.75, 3.05) is 0 Å². The maximum absolute atomic E-state index is 11.1. The SMILES string of the molecule is O=CNN[C@@H](Cc1ccc(-c2ccc(Br)cc2)cc1)C(=O)O. The van der Waals surface area contributed by atoms with Crippen molar-refractivity contribution in [3.8, 4) is 11.1 Å². The smallest absolute Gasteiger partial charge is 0.322 e. The molecule has 0 radical (unpaired) electrons. The van der Waals surface area contributed by atoms with Gasteiger partial charge in [0, 0.05) is 10.9 Å². The molecule has 0 aliphatic heterocycles. The number of carboxylic acid groups (broad SMARTS) is 1. The Hall–Kier alpha value is -2.18. The molecule has 2 aromatic carbocycles. The molecule has 0 aliphatic rings. The van der Waals surface area contributed by atoms with Crippen molar-refractivity contribution < 1.29 is 14.7 Å². The lowest BCUT2D eigenvalue weighted by atomic mass is 10.0. The van der Waals surface area contributed by atoms with E-state index in [0.29, 0.717) is 6.41 Å². The van der Waals surface area contributed by atoms with Gasteiger partial charge in [-0.25, -0.2) is 5.43 Å². The highest BCUT2D eigenvalue weighted by Crippen LogP contribution is 2.22. The van der Waals surface area contributed by atoms with Crippen LogP contribution in [0.2, 0.25) is 0 Å². The van der Waals surface area contributed by atoms with Gasteiger partial charge in [-0.05, 0) is 28.8 Å². The average Bonchev–Trinajstić information content (AvgIpc) is 2.52. The minimum absolute atomic E-state index is 0.275. The molecule has 114 valence electrons. The second kappa shape index (κ2) is 7.72. The largest absolute Gasteiger partial charge is 0.480 e. The van der Waals surface area contributed by atoms with Gasteiger partial charge in [0.15, 0.2) is 0 Å². The van der Waals surface area contributed by atoms with Crippen molar-refractivity contribution in [2.24, 2.45) is 0 Å². The highest BCUT2D eigenvalue weighted by Gasteiger charge is 2.17. The van der Waals surface area contributed by atoms with Crippen LogP contribution in [0.1, 0.15) is 5.56 Å². The molecule has 0 saturated heterocycles. The van der Waals surface area contributed by atoms with Crippen LogP contribution in [0.15, 0.2) is 53.0 Å². The molecule has 0 bridgehead atoms. The quantitative estimate of drug-likeness (QED) is 0.521. The molecular formula is C16H15BrN2O3. The predicted octanol–water partition coefficient (Wildman–Crippen LogP) is 2.36. The van der Waals surface area contributed by atoms with Crippen LogP contribution in [-0.2, 0) is 16.0 Å². The van der Waals surface area contributed by atoms with Gasteiger partial charge in [-0.15, -0.1) is 0 Å². The van der Waals surface area contributed by atoms with Crippen molar-refractivity contribution in [3.05, 3.63) is 58.6 Å². The maximum atomic E-state index is 11.1. The molecule has 0 aliphatic carbocycles. The molecule has 1 amide bonds. The highest BCUT2D eigenvalue weighted by atomic mass is 79.9. The Kier molecular flexibility index (Phi) is 5.68. The third-order valence-corrected chi connectivity index (χ3v) is 3.71. The first-order valence-corrected chi connectivity index (χ1v) is 7.42. The Labute approximate surface area is 136 Å². The van der Waals surface area contributed by atoms with Crippen LogP contribution in [0.25, 0.3) is 11.1 Å². The number of hydrogen-bond acceptors (Lipinski definition) is 3. The van der Waals surface area contributed by atoms with Crippen molar-refractivity contribution in [2.45, 2.75) is 12.5 Å².